The van der Waals surface area contributed by atoms with Crippen molar-refractivity contribution in [2.75, 3.05) is 25.2 Å². The number of carbonyl (C=O) groups is 1. The zero-order valence-corrected chi connectivity index (χ0v) is 18.8. The fraction of sp³-hybridized carbons (Fsp3) is 0.316. The Labute approximate surface area is 187 Å². The van der Waals surface area contributed by atoms with Crippen LogP contribution in [0.15, 0.2) is 52.4 Å². The summed E-state index contributed by atoms with van der Waals surface area (Å²) >= 11 is 6.22. The van der Waals surface area contributed by atoms with Crippen LogP contribution in [0.5, 0.6) is 0 Å². The third-order valence-corrected chi connectivity index (χ3v) is 5.38. The van der Waals surface area contributed by atoms with Crippen molar-refractivity contribution < 1.29 is 13.7 Å². The maximum atomic E-state index is 12.7. The number of hydrogen-bond donors (Lipinski definition) is 3. The quantitative estimate of drug-likeness (QED) is 0.496. The van der Waals surface area contributed by atoms with Gasteiger partial charge >= 0.3 is 0 Å². The van der Waals surface area contributed by atoms with Gasteiger partial charge in [-0.15, -0.1) is 0 Å². The van der Waals surface area contributed by atoms with E-state index in [4.69, 9.17) is 16.3 Å². The predicted octanol–water partition coefficient (Wildman–Crippen LogP) is 1.32. The van der Waals surface area contributed by atoms with Gasteiger partial charge in [0.05, 0.1) is 24.5 Å². The van der Waals surface area contributed by atoms with Crippen LogP contribution in [0.1, 0.15) is 23.1 Å². The van der Waals surface area contributed by atoms with Crippen molar-refractivity contribution in [1.82, 2.24) is 30.6 Å². The Morgan fingerprint density at radius 1 is 1.29 bits per heavy atom. The van der Waals surface area contributed by atoms with Crippen molar-refractivity contribution in [3.63, 3.8) is 0 Å². The minimum absolute atomic E-state index is 0.0564. The average Bonchev–Trinajstić information content (AvgIpc) is 2.78. The van der Waals surface area contributed by atoms with Crippen LogP contribution in [0.4, 0.5) is 5.82 Å². The number of nitrogens with one attached hydrogen (secondary N) is 3. The number of halogens is 1. The molecule has 31 heavy (non-hydrogen) atoms. The lowest BCUT2D eigenvalue weighted by molar-refractivity contribution is 0.0949. The van der Waals surface area contributed by atoms with Crippen LogP contribution in [-0.2, 0) is 22.1 Å². The highest BCUT2D eigenvalue weighted by molar-refractivity contribution is 7.84. The van der Waals surface area contributed by atoms with Gasteiger partial charge in [-0.25, -0.2) is 19.9 Å². The summed E-state index contributed by atoms with van der Waals surface area (Å²) in [7, 11) is 0.128. The Hall–Kier alpha value is -3.05. The summed E-state index contributed by atoms with van der Waals surface area (Å²) in [5.41, 5.74) is 1.13. The number of allylic oxidation sites excluding steroid dienone is 2. The molecule has 0 bridgehead atoms. The Bertz CT molecular complexity index is 1050. The van der Waals surface area contributed by atoms with Crippen molar-refractivity contribution in [1.29, 1.82) is 0 Å². The van der Waals surface area contributed by atoms with Crippen molar-refractivity contribution >= 4 is 34.1 Å². The van der Waals surface area contributed by atoms with Crippen LogP contribution < -0.4 is 16.0 Å². The number of hydrogen-bond acceptors (Lipinski definition) is 9. The van der Waals surface area contributed by atoms with E-state index in [1.807, 2.05) is 6.92 Å². The number of carbonyl (C=O) groups excluding carboxylic acids is 1. The summed E-state index contributed by atoms with van der Waals surface area (Å²) in [4.78, 5) is 29.2. The largest absolute Gasteiger partial charge is 0.481 e. The molecule has 2 aromatic heterocycles. The first-order valence-electron chi connectivity index (χ1n) is 9.28. The lowest BCUT2D eigenvalue weighted by Crippen LogP contribution is -2.34. The van der Waals surface area contributed by atoms with Gasteiger partial charge in [0.15, 0.2) is 0 Å². The van der Waals surface area contributed by atoms with Gasteiger partial charge in [0, 0.05) is 37.4 Å². The summed E-state index contributed by atoms with van der Waals surface area (Å²) in [6.07, 6.45) is 7.80. The molecule has 2 unspecified atom stereocenters. The summed E-state index contributed by atoms with van der Waals surface area (Å²) in [6.45, 7) is 2.44. The monoisotopic (exact) mass is 463 g/mol. The number of dihydropyridines is 1. The van der Waals surface area contributed by atoms with Gasteiger partial charge in [0.25, 0.3) is 5.91 Å². The third kappa shape index (κ3) is 5.76. The Balaban J connectivity index is 1.79. The first kappa shape index (κ1) is 22.6. The molecule has 164 valence electrons. The molecule has 0 aliphatic carbocycles. The molecule has 0 aromatic carbocycles. The predicted molar refractivity (Wildman–Crippen MR) is 117 cm³/mol. The second-order valence-electron chi connectivity index (χ2n) is 6.54. The molecule has 0 saturated heterocycles. The molecule has 0 saturated carbocycles. The van der Waals surface area contributed by atoms with Crippen molar-refractivity contribution in [2.45, 2.75) is 24.7 Å². The molecule has 1 aliphatic rings. The maximum Gasteiger partial charge on any atom is 0.256 e. The van der Waals surface area contributed by atoms with Gasteiger partial charge in [-0.05, 0) is 24.6 Å². The van der Waals surface area contributed by atoms with Gasteiger partial charge in [0.1, 0.15) is 22.2 Å². The van der Waals surface area contributed by atoms with E-state index in [2.05, 4.69) is 35.9 Å². The van der Waals surface area contributed by atoms with E-state index in [1.165, 1.54) is 19.6 Å². The molecule has 3 heterocycles. The smallest absolute Gasteiger partial charge is 0.256 e. The van der Waals surface area contributed by atoms with Crippen LogP contribution in [0.2, 0.25) is 0 Å². The molecule has 2 atom stereocenters. The lowest BCUT2D eigenvalue weighted by atomic mass is 10.1. The molecule has 10 nitrogen and oxygen atoms in total. The van der Waals surface area contributed by atoms with Crippen molar-refractivity contribution in [3.8, 4) is 0 Å². The van der Waals surface area contributed by atoms with E-state index in [9.17, 15) is 9.00 Å². The Morgan fingerprint density at radius 2 is 2.03 bits per heavy atom. The summed E-state index contributed by atoms with van der Waals surface area (Å²) in [6, 6.07) is 1.64. The number of amides is 1. The minimum atomic E-state index is -1.41. The minimum Gasteiger partial charge on any atom is -0.481 e. The summed E-state index contributed by atoms with van der Waals surface area (Å²) in [5, 5.41) is 9.58. The fourth-order valence-corrected chi connectivity index (χ4v) is 3.43. The molecular weight excluding hydrogens is 442 g/mol. The van der Waals surface area contributed by atoms with E-state index in [0.29, 0.717) is 23.3 Å². The molecule has 0 spiro atoms. The van der Waals surface area contributed by atoms with Crippen LogP contribution >= 0.6 is 11.6 Å². The molecule has 3 N–H and O–H groups in total. The number of nitrogens with zero attached hydrogens (tertiary/aromatic N) is 4. The highest BCUT2D eigenvalue weighted by Gasteiger charge is 2.21. The summed E-state index contributed by atoms with van der Waals surface area (Å²) < 4.78 is 17.0. The third-order valence-electron chi connectivity index (χ3n) is 4.39. The zero-order valence-electron chi connectivity index (χ0n) is 17.2. The Morgan fingerprint density at radius 3 is 2.71 bits per heavy atom. The SMILES string of the molecule is COC1=C(Cl)C=C(CNc2nc(S(C)=O)ncc2C(=O)NCc2ncccn2)C(C)N1. The van der Waals surface area contributed by atoms with Gasteiger partial charge in [0.2, 0.25) is 11.0 Å². The second kappa shape index (κ2) is 10.3. The average molecular weight is 464 g/mol. The molecule has 0 radical (unpaired) electrons. The van der Waals surface area contributed by atoms with Crippen LogP contribution in [0.3, 0.4) is 0 Å². The van der Waals surface area contributed by atoms with Gasteiger partial charge < -0.3 is 20.7 Å². The highest BCUT2D eigenvalue weighted by atomic mass is 35.5. The molecule has 1 aliphatic heterocycles. The number of anilines is 1. The molecule has 3 rings (SSSR count). The van der Waals surface area contributed by atoms with Crippen molar-refractivity contribution in [3.05, 3.63) is 58.6 Å². The van der Waals surface area contributed by atoms with E-state index >= 15 is 0 Å². The second-order valence-corrected chi connectivity index (χ2v) is 8.22. The summed E-state index contributed by atoms with van der Waals surface area (Å²) in [5.74, 6) is 0.816. The highest BCUT2D eigenvalue weighted by Crippen LogP contribution is 2.22. The number of aromatic nitrogens is 4. The molecule has 1 amide bonds. The van der Waals surface area contributed by atoms with E-state index in [0.717, 1.165) is 5.57 Å². The van der Waals surface area contributed by atoms with Gasteiger partial charge in [-0.3, -0.25) is 9.00 Å². The van der Waals surface area contributed by atoms with Crippen LogP contribution in [0, 0.1) is 0 Å². The molecule has 2 aromatic rings. The number of methoxy groups -OCH3 is 1. The van der Waals surface area contributed by atoms with Gasteiger partial charge in [-0.1, -0.05) is 11.6 Å². The Kier molecular flexibility index (Phi) is 7.53. The molecule has 0 fully saturated rings. The number of rotatable bonds is 8. The first-order chi connectivity index (χ1) is 14.9. The van der Waals surface area contributed by atoms with Crippen molar-refractivity contribution in [2.24, 2.45) is 0 Å². The van der Waals surface area contributed by atoms with E-state index in [-0.39, 0.29) is 29.1 Å². The van der Waals surface area contributed by atoms with Crippen LogP contribution in [0.25, 0.3) is 0 Å². The lowest BCUT2D eigenvalue weighted by Gasteiger charge is -2.25. The first-order valence-corrected chi connectivity index (χ1v) is 11.2. The van der Waals surface area contributed by atoms with E-state index < -0.39 is 16.7 Å². The molecular formula is C19H22ClN7O3S. The van der Waals surface area contributed by atoms with Gasteiger partial charge in [-0.2, -0.15) is 0 Å². The van der Waals surface area contributed by atoms with Crippen LogP contribution in [-0.4, -0.2) is 56.0 Å². The normalized spacial score (nSPS) is 16.8. The van der Waals surface area contributed by atoms with E-state index in [1.54, 1.807) is 24.5 Å². The number of ether oxygens (including phenoxy) is 1. The molecule has 12 heteroatoms. The zero-order chi connectivity index (χ0) is 22.4. The maximum absolute atomic E-state index is 12.7. The topological polar surface area (TPSA) is 131 Å². The fourth-order valence-electron chi connectivity index (χ4n) is 2.74. The standard InChI is InChI=1S/C19H22ClN7O3S/c1-11-12(7-14(20)18(26-11)30-2)8-23-16-13(9-25-19(27-16)31(3)29)17(28)24-10-15-21-5-4-6-22-15/h4-7,9,11,26H,8,10H2,1-3H3,(H,24,28)(H,23,25,27).